The summed E-state index contributed by atoms with van der Waals surface area (Å²) in [5, 5.41) is 3.12. The molecule has 1 saturated carbocycles. The van der Waals surface area contributed by atoms with Crippen LogP contribution in [0.25, 0.3) is 0 Å². The minimum absolute atomic E-state index is 0.189. The van der Waals surface area contributed by atoms with E-state index < -0.39 is 0 Å². The molecule has 1 amide bonds. The number of amides is 1. The number of rotatable bonds is 7. The highest BCUT2D eigenvalue weighted by molar-refractivity contribution is 5.76. The molecule has 19 heavy (non-hydrogen) atoms. The molecule has 1 rings (SSSR count). The SMILES string of the molecule is CC(C)CC(CN)CC(=O)NCC1CCCC(C)C1. The third kappa shape index (κ3) is 6.95. The van der Waals surface area contributed by atoms with Crippen molar-refractivity contribution < 1.29 is 4.79 Å². The van der Waals surface area contributed by atoms with Crippen molar-refractivity contribution in [1.82, 2.24) is 5.32 Å². The van der Waals surface area contributed by atoms with Gasteiger partial charge in [-0.25, -0.2) is 0 Å². The molecule has 3 atom stereocenters. The molecule has 0 spiro atoms. The predicted molar refractivity (Wildman–Crippen MR) is 80.7 cm³/mol. The van der Waals surface area contributed by atoms with Crippen LogP contribution in [0.4, 0.5) is 0 Å². The van der Waals surface area contributed by atoms with E-state index in [0.717, 1.165) is 18.9 Å². The van der Waals surface area contributed by atoms with Gasteiger partial charge in [0.2, 0.25) is 5.91 Å². The molecule has 0 aromatic carbocycles. The molecule has 3 unspecified atom stereocenters. The summed E-state index contributed by atoms with van der Waals surface area (Å²) in [6.45, 7) is 8.17. The first-order valence-corrected chi connectivity index (χ1v) is 7.98. The first-order valence-electron chi connectivity index (χ1n) is 7.98. The fraction of sp³-hybridized carbons (Fsp3) is 0.938. The first kappa shape index (κ1) is 16.5. The largest absolute Gasteiger partial charge is 0.356 e. The third-order valence-electron chi connectivity index (χ3n) is 4.25. The number of nitrogens with two attached hydrogens (primary N) is 1. The second kappa shape index (κ2) is 8.57. The third-order valence-corrected chi connectivity index (χ3v) is 4.25. The first-order chi connectivity index (χ1) is 9.01. The standard InChI is InChI=1S/C16H32N2O/c1-12(2)7-15(10-17)9-16(19)18-11-14-6-4-5-13(3)8-14/h12-15H,4-11,17H2,1-3H3,(H,18,19). The maximum atomic E-state index is 12.0. The lowest BCUT2D eigenvalue weighted by Gasteiger charge is -2.27. The number of carbonyl (C=O) groups excluding carboxylic acids is 1. The van der Waals surface area contributed by atoms with Crippen LogP contribution in [0.1, 0.15) is 59.3 Å². The molecule has 3 heteroatoms. The van der Waals surface area contributed by atoms with E-state index in [9.17, 15) is 4.79 Å². The van der Waals surface area contributed by atoms with Gasteiger partial charge in [0.05, 0.1) is 0 Å². The number of hydrogen-bond acceptors (Lipinski definition) is 2. The lowest BCUT2D eigenvalue weighted by atomic mass is 9.82. The van der Waals surface area contributed by atoms with Crippen LogP contribution in [-0.4, -0.2) is 19.0 Å². The van der Waals surface area contributed by atoms with Gasteiger partial charge in [-0.2, -0.15) is 0 Å². The average molecular weight is 268 g/mol. The quantitative estimate of drug-likeness (QED) is 0.746. The zero-order valence-electron chi connectivity index (χ0n) is 13.0. The van der Waals surface area contributed by atoms with Crippen LogP contribution < -0.4 is 11.1 Å². The van der Waals surface area contributed by atoms with Crippen LogP contribution in [0.5, 0.6) is 0 Å². The molecular formula is C16H32N2O. The Kier molecular flexibility index (Phi) is 7.44. The second-order valence-electron chi connectivity index (χ2n) is 6.88. The Bertz CT molecular complexity index is 265. The van der Waals surface area contributed by atoms with Crippen LogP contribution in [0.15, 0.2) is 0 Å². The van der Waals surface area contributed by atoms with Gasteiger partial charge in [-0.3, -0.25) is 4.79 Å². The smallest absolute Gasteiger partial charge is 0.220 e. The Morgan fingerprint density at radius 2 is 2.11 bits per heavy atom. The molecule has 3 nitrogen and oxygen atoms in total. The molecule has 0 saturated heterocycles. The van der Waals surface area contributed by atoms with Gasteiger partial charge in [0.15, 0.2) is 0 Å². The molecule has 1 fully saturated rings. The Hall–Kier alpha value is -0.570. The van der Waals surface area contributed by atoms with Crippen molar-refractivity contribution in [2.75, 3.05) is 13.1 Å². The fourth-order valence-electron chi connectivity index (χ4n) is 3.27. The summed E-state index contributed by atoms with van der Waals surface area (Å²) in [6.07, 6.45) is 6.86. The van der Waals surface area contributed by atoms with E-state index in [0.29, 0.717) is 30.7 Å². The summed E-state index contributed by atoms with van der Waals surface area (Å²) < 4.78 is 0. The monoisotopic (exact) mass is 268 g/mol. The number of hydrogen-bond donors (Lipinski definition) is 2. The van der Waals surface area contributed by atoms with Crippen molar-refractivity contribution in [1.29, 1.82) is 0 Å². The van der Waals surface area contributed by atoms with Gasteiger partial charge in [0.25, 0.3) is 0 Å². The van der Waals surface area contributed by atoms with Crippen LogP contribution in [0.3, 0.4) is 0 Å². The lowest BCUT2D eigenvalue weighted by Crippen LogP contribution is -2.33. The van der Waals surface area contributed by atoms with E-state index >= 15 is 0 Å². The van der Waals surface area contributed by atoms with Gasteiger partial charge in [-0.05, 0) is 49.5 Å². The van der Waals surface area contributed by atoms with E-state index in [-0.39, 0.29) is 5.91 Å². The molecular weight excluding hydrogens is 236 g/mol. The second-order valence-corrected chi connectivity index (χ2v) is 6.88. The zero-order chi connectivity index (χ0) is 14.3. The molecule has 0 bridgehead atoms. The van der Waals surface area contributed by atoms with Gasteiger partial charge < -0.3 is 11.1 Å². The Labute approximate surface area is 118 Å². The fourth-order valence-corrected chi connectivity index (χ4v) is 3.27. The van der Waals surface area contributed by atoms with Gasteiger partial charge in [0, 0.05) is 13.0 Å². The molecule has 1 aliphatic rings. The normalized spacial score (nSPS) is 25.3. The van der Waals surface area contributed by atoms with Gasteiger partial charge >= 0.3 is 0 Å². The molecule has 0 aliphatic heterocycles. The maximum Gasteiger partial charge on any atom is 0.220 e. The number of carbonyl (C=O) groups is 1. The minimum Gasteiger partial charge on any atom is -0.356 e. The van der Waals surface area contributed by atoms with Crippen LogP contribution >= 0.6 is 0 Å². The highest BCUT2D eigenvalue weighted by Gasteiger charge is 2.20. The van der Waals surface area contributed by atoms with E-state index in [2.05, 4.69) is 26.1 Å². The molecule has 0 aromatic rings. The van der Waals surface area contributed by atoms with Crippen molar-refractivity contribution in [3.63, 3.8) is 0 Å². The summed E-state index contributed by atoms with van der Waals surface area (Å²) in [7, 11) is 0. The zero-order valence-corrected chi connectivity index (χ0v) is 13.0. The van der Waals surface area contributed by atoms with E-state index in [1.54, 1.807) is 0 Å². The topological polar surface area (TPSA) is 55.1 Å². The summed E-state index contributed by atoms with van der Waals surface area (Å²) in [5.74, 6) is 2.66. The Morgan fingerprint density at radius 1 is 1.37 bits per heavy atom. The van der Waals surface area contributed by atoms with Crippen LogP contribution in [0.2, 0.25) is 0 Å². The molecule has 0 radical (unpaired) electrons. The highest BCUT2D eigenvalue weighted by Crippen LogP contribution is 2.27. The average Bonchev–Trinajstić information content (AvgIpc) is 2.35. The number of nitrogens with one attached hydrogen (secondary N) is 1. The summed E-state index contributed by atoms with van der Waals surface area (Å²) in [5.41, 5.74) is 5.75. The van der Waals surface area contributed by atoms with Crippen LogP contribution in [-0.2, 0) is 4.79 Å². The Balaban J connectivity index is 2.22. The summed E-state index contributed by atoms with van der Waals surface area (Å²) >= 11 is 0. The summed E-state index contributed by atoms with van der Waals surface area (Å²) in [4.78, 5) is 12.0. The van der Waals surface area contributed by atoms with Crippen molar-refractivity contribution in [3.05, 3.63) is 0 Å². The summed E-state index contributed by atoms with van der Waals surface area (Å²) in [6, 6.07) is 0. The molecule has 112 valence electrons. The van der Waals surface area contributed by atoms with Crippen molar-refractivity contribution in [2.45, 2.75) is 59.3 Å². The maximum absolute atomic E-state index is 12.0. The van der Waals surface area contributed by atoms with Crippen molar-refractivity contribution in [2.24, 2.45) is 29.4 Å². The Morgan fingerprint density at radius 3 is 2.68 bits per heavy atom. The van der Waals surface area contributed by atoms with Crippen molar-refractivity contribution >= 4 is 5.91 Å². The van der Waals surface area contributed by atoms with Gasteiger partial charge in [-0.1, -0.05) is 33.6 Å². The molecule has 0 heterocycles. The molecule has 1 aliphatic carbocycles. The molecule has 0 aromatic heterocycles. The predicted octanol–water partition coefficient (Wildman–Crippen LogP) is 2.94. The van der Waals surface area contributed by atoms with Crippen LogP contribution in [0, 0.1) is 23.7 Å². The highest BCUT2D eigenvalue weighted by atomic mass is 16.1. The lowest BCUT2D eigenvalue weighted by molar-refractivity contribution is -0.122. The van der Waals surface area contributed by atoms with E-state index in [1.807, 2.05) is 0 Å². The van der Waals surface area contributed by atoms with Gasteiger partial charge in [-0.15, -0.1) is 0 Å². The van der Waals surface area contributed by atoms with Gasteiger partial charge in [0.1, 0.15) is 0 Å². The molecule has 3 N–H and O–H groups in total. The van der Waals surface area contributed by atoms with Crippen molar-refractivity contribution in [3.8, 4) is 0 Å². The van der Waals surface area contributed by atoms with E-state index in [4.69, 9.17) is 5.73 Å². The minimum atomic E-state index is 0.189. The van der Waals surface area contributed by atoms with E-state index in [1.165, 1.54) is 25.7 Å².